The maximum Gasteiger partial charge on any atom is 0.230 e. The normalized spacial score (nSPS) is 18.5. The molecule has 0 saturated carbocycles. The second-order valence-electron chi connectivity index (χ2n) is 5.22. The summed E-state index contributed by atoms with van der Waals surface area (Å²) in [5.74, 6) is 0.294. The van der Waals surface area contributed by atoms with Gasteiger partial charge in [-0.2, -0.15) is 0 Å². The van der Waals surface area contributed by atoms with Crippen molar-refractivity contribution >= 4 is 28.7 Å². The highest BCUT2D eigenvalue weighted by Gasteiger charge is 2.15. The number of amides is 1. The van der Waals surface area contributed by atoms with Crippen LogP contribution in [0.4, 0.5) is 0 Å². The Hall–Kier alpha value is -1.57. The first-order chi connectivity index (χ1) is 10.7. The number of aromatic amines is 1. The SMILES string of the molecule is Cc1ccc2nc(SCC(=O)NCC3COCCO3)[nH]c2c1. The van der Waals surface area contributed by atoms with Crippen molar-refractivity contribution in [3.63, 3.8) is 0 Å². The lowest BCUT2D eigenvalue weighted by molar-refractivity contribution is -0.121. The minimum absolute atomic E-state index is 0.0317. The molecule has 2 N–H and O–H groups in total. The van der Waals surface area contributed by atoms with Gasteiger partial charge in [0.15, 0.2) is 5.16 Å². The van der Waals surface area contributed by atoms with E-state index in [-0.39, 0.29) is 12.0 Å². The van der Waals surface area contributed by atoms with Crippen molar-refractivity contribution in [3.8, 4) is 0 Å². The quantitative estimate of drug-likeness (QED) is 0.816. The number of benzene rings is 1. The molecular weight excluding hydrogens is 302 g/mol. The number of rotatable bonds is 5. The van der Waals surface area contributed by atoms with Crippen LogP contribution >= 0.6 is 11.8 Å². The number of hydrogen-bond acceptors (Lipinski definition) is 5. The van der Waals surface area contributed by atoms with Crippen LogP contribution in [0.2, 0.25) is 0 Å². The van der Waals surface area contributed by atoms with E-state index in [0.717, 1.165) is 16.2 Å². The second-order valence-corrected chi connectivity index (χ2v) is 6.19. The molecular formula is C15H19N3O3S. The summed E-state index contributed by atoms with van der Waals surface area (Å²) in [7, 11) is 0. The van der Waals surface area contributed by atoms with Crippen molar-refractivity contribution in [2.24, 2.45) is 0 Å². The van der Waals surface area contributed by atoms with Gasteiger partial charge in [-0.05, 0) is 24.6 Å². The van der Waals surface area contributed by atoms with E-state index in [1.165, 1.54) is 17.3 Å². The summed E-state index contributed by atoms with van der Waals surface area (Å²) in [6, 6.07) is 6.05. The van der Waals surface area contributed by atoms with Crippen LogP contribution in [0.5, 0.6) is 0 Å². The number of thioether (sulfide) groups is 1. The van der Waals surface area contributed by atoms with Crippen LogP contribution in [0.25, 0.3) is 11.0 Å². The largest absolute Gasteiger partial charge is 0.376 e. The lowest BCUT2D eigenvalue weighted by atomic mass is 10.2. The van der Waals surface area contributed by atoms with Gasteiger partial charge in [-0.1, -0.05) is 17.8 Å². The van der Waals surface area contributed by atoms with Crippen molar-refractivity contribution in [3.05, 3.63) is 23.8 Å². The van der Waals surface area contributed by atoms with Gasteiger partial charge < -0.3 is 19.8 Å². The molecule has 1 amide bonds. The minimum Gasteiger partial charge on any atom is -0.376 e. The molecule has 1 fully saturated rings. The van der Waals surface area contributed by atoms with E-state index in [4.69, 9.17) is 9.47 Å². The number of nitrogens with zero attached hydrogens (tertiary/aromatic N) is 1. The summed E-state index contributed by atoms with van der Waals surface area (Å²) in [4.78, 5) is 19.5. The number of ether oxygens (including phenoxy) is 2. The molecule has 1 aliphatic rings. The molecule has 7 heteroatoms. The number of H-pyrrole nitrogens is 1. The van der Waals surface area contributed by atoms with Crippen LogP contribution in [0.1, 0.15) is 5.56 Å². The number of nitrogens with one attached hydrogen (secondary N) is 2. The number of fused-ring (bicyclic) bond motifs is 1. The molecule has 1 aromatic carbocycles. The fourth-order valence-electron chi connectivity index (χ4n) is 2.24. The lowest BCUT2D eigenvalue weighted by Crippen LogP contribution is -2.40. The van der Waals surface area contributed by atoms with Crippen LogP contribution in [0, 0.1) is 6.92 Å². The Morgan fingerprint density at radius 3 is 3.23 bits per heavy atom. The highest BCUT2D eigenvalue weighted by Crippen LogP contribution is 2.20. The minimum atomic E-state index is -0.0446. The van der Waals surface area contributed by atoms with Gasteiger partial charge in [0.1, 0.15) is 0 Å². The average molecular weight is 321 g/mol. The van der Waals surface area contributed by atoms with Crippen molar-refractivity contribution in [1.29, 1.82) is 0 Å². The molecule has 1 aromatic heterocycles. The van der Waals surface area contributed by atoms with E-state index < -0.39 is 0 Å². The van der Waals surface area contributed by atoms with Gasteiger partial charge in [0.05, 0.1) is 42.7 Å². The van der Waals surface area contributed by atoms with Crippen LogP contribution in [0.3, 0.4) is 0 Å². The summed E-state index contributed by atoms with van der Waals surface area (Å²) >= 11 is 1.40. The molecule has 118 valence electrons. The van der Waals surface area contributed by atoms with Crippen LogP contribution in [-0.2, 0) is 14.3 Å². The third-order valence-corrected chi connectivity index (χ3v) is 4.24. The zero-order valence-electron chi connectivity index (χ0n) is 12.4. The summed E-state index contributed by atoms with van der Waals surface area (Å²) in [5.41, 5.74) is 3.09. The zero-order chi connectivity index (χ0) is 15.4. The fraction of sp³-hybridized carbons (Fsp3) is 0.467. The Balaban J connectivity index is 1.47. The summed E-state index contributed by atoms with van der Waals surface area (Å²) in [6.45, 7) is 4.28. The van der Waals surface area contributed by atoms with E-state index in [9.17, 15) is 4.79 Å². The van der Waals surface area contributed by atoms with Gasteiger partial charge in [0, 0.05) is 6.54 Å². The maximum absolute atomic E-state index is 11.9. The molecule has 0 spiro atoms. The van der Waals surface area contributed by atoms with Crippen LogP contribution in [-0.4, -0.2) is 54.1 Å². The molecule has 1 saturated heterocycles. The standard InChI is InChI=1S/C15H19N3O3S/c1-10-2-3-12-13(6-10)18-15(17-12)22-9-14(19)16-7-11-8-20-4-5-21-11/h2-3,6,11H,4-5,7-9H2,1H3,(H,16,19)(H,17,18). The topological polar surface area (TPSA) is 76.2 Å². The molecule has 1 aliphatic heterocycles. The highest BCUT2D eigenvalue weighted by atomic mass is 32.2. The number of carbonyl (C=O) groups excluding carboxylic acids is 1. The number of hydrogen-bond donors (Lipinski definition) is 2. The number of carbonyl (C=O) groups is 1. The van der Waals surface area contributed by atoms with Gasteiger partial charge in [0.2, 0.25) is 5.91 Å². The Morgan fingerprint density at radius 2 is 2.41 bits per heavy atom. The molecule has 6 nitrogen and oxygen atoms in total. The average Bonchev–Trinajstić information content (AvgIpc) is 2.94. The monoisotopic (exact) mass is 321 g/mol. The first-order valence-electron chi connectivity index (χ1n) is 7.26. The fourth-order valence-corrected chi connectivity index (χ4v) is 2.95. The molecule has 0 aliphatic carbocycles. The molecule has 2 aromatic rings. The Kier molecular flexibility index (Phi) is 4.97. The van der Waals surface area contributed by atoms with E-state index in [2.05, 4.69) is 15.3 Å². The molecule has 0 bridgehead atoms. The van der Waals surface area contributed by atoms with E-state index in [0.29, 0.717) is 32.1 Å². The number of imidazole rings is 1. The summed E-state index contributed by atoms with van der Waals surface area (Å²) in [5, 5.41) is 3.62. The molecule has 1 atom stereocenters. The Morgan fingerprint density at radius 1 is 1.50 bits per heavy atom. The molecule has 0 radical (unpaired) electrons. The molecule has 3 rings (SSSR count). The van der Waals surface area contributed by atoms with E-state index >= 15 is 0 Å². The Bertz CT molecular complexity index is 653. The predicted molar refractivity (Wildman–Crippen MR) is 85.1 cm³/mol. The smallest absolute Gasteiger partial charge is 0.230 e. The number of aromatic nitrogens is 2. The van der Waals surface area contributed by atoms with Crippen molar-refractivity contribution in [2.45, 2.75) is 18.2 Å². The van der Waals surface area contributed by atoms with Crippen LogP contribution in [0.15, 0.2) is 23.4 Å². The Labute approximate surface area is 133 Å². The highest BCUT2D eigenvalue weighted by molar-refractivity contribution is 7.99. The van der Waals surface area contributed by atoms with Crippen molar-refractivity contribution in [1.82, 2.24) is 15.3 Å². The first kappa shape index (κ1) is 15.3. The lowest BCUT2D eigenvalue weighted by Gasteiger charge is -2.22. The molecule has 2 heterocycles. The maximum atomic E-state index is 11.9. The second kappa shape index (κ2) is 7.13. The first-order valence-corrected chi connectivity index (χ1v) is 8.24. The zero-order valence-corrected chi connectivity index (χ0v) is 13.2. The van der Waals surface area contributed by atoms with Crippen molar-refractivity contribution in [2.75, 3.05) is 32.1 Å². The third-order valence-electron chi connectivity index (χ3n) is 3.37. The van der Waals surface area contributed by atoms with E-state index in [1.807, 2.05) is 25.1 Å². The van der Waals surface area contributed by atoms with Crippen molar-refractivity contribution < 1.29 is 14.3 Å². The number of aryl methyl sites for hydroxylation is 1. The third kappa shape index (κ3) is 4.00. The van der Waals surface area contributed by atoms with E-state index in [1.54, 1.807) is 0 Å². The van der Waals surface area contributed by atoms with Gasteiger partial charge in [-0.3, -0.25) is 4.79 Å². The predicted octanol–water partition coefficient (Wildman–Crippen LogP) is 1.50. The molecule has 22 heavy (non-hydrogen) atoms. The van der Waals surface area contributed by atoms with Gasteiger partial charge in [-0.25, -0.2) is 4.98 Å². The summed E-state index contributed by atoms with van der Waals surface area (Å²) in [6.07, 6.45) is -0.0446. The van der Waals surface area contributed by atoms with Gasteiger partial charge >= 0.3 is 0 Å². The van der Waals surface area contributed by atoms with Crippen LogP contribution < -0.4 is 5.32 Å². The van der Waals surface area contributed by atoms with Gasteiger partial charge in [-0.15, -0.1) is 0 Å². The molecule has 1 unspecified atom stereocenters. The van der Waals surface area contributed by atoms with Gasteiger partial charge in [0.25, 0.3) is 0 Å². The summed E-state index contributed by atoms with van der Waals surface area (Å²) < 4.78 is 10.8.